The zero-order valence-electron chi connectivity index (χ0n) is 17.2. The van der Waals surface area contributed by atoms with Crippen molar-refractivity contribution in [3.63, 3.8) is 0 Å². The summed E-state index contributed by atoms with van der Waals surface area (Å²) >= 11 is 0. The number of rotatable bonds is 3. The first-order valence-electron chi connectivity index (χ1n) is 9.93. The van der Waals surface area contributed by atoms with E-state index < -0.39 is 0 Å². The van der Waals surface area contributed by atoms with Crippen molar-refractivity contribution in [1.82, 2.24) is 4.90 Å². The molecule has 3 aromatic rings. The van der Waals surface area contributed by atoms with Gasteiger partial charge in [0, 0.05) is 18.2 Å². The molecule has 0 radical (unpaired) electrons. The number of nitrogens with zero attached hydrogens (tertiary/aromatic N) is 1. The molecule has 4 nitrogen and oxygen atoms in total. The molecule has 0 aliphatic carbocycles. The first-order chi connectivity index (χ1) is 14.1. The maximum atomic E-state index is 11.1. The van der Waals surface area contributed by atoms with E-state index in [4.69, 9.17) is 9.47 Å². The van der Waals surface area contributed by atoms with Crippen LogP contribution in [0.15, 0.2) is 60.7 Å². The van der Waals surface area contributed by atoms with E-state index >= 15 is 0 Å². The number of ether oxygens (including phenoxy) is 2. The van der Waals surface area contributed by atoms with Gasteiger partial charge in [-0.25, -0.2) is 0 Å². The summed E-state index contributed by atoms with van der Waals surface area (Å²) < 4.78 is 10.9. The van der Waals surface area contributed by atoms with Gasteiger partial charge in [-0.3, -0.25) is 4.90 Å². The largest absolute Gasteiger partial charge is 0.504 e. The van der Waals surface area contributed by atoms with Gasteiger partial charge in [-0.2, -0.15) is 0 Å². The summed E-state index contributed by atoms with van der Waals surface area (Å²) in [4.78, 5) is 2.40. The number of phenols is 1. The van der Waals surface area contributed by atoms with E-state index in [-0.39, 0.29) is 11.8 Å². The Bertz CT molecular complexity index is 1000. The summed E-state index contributed by atoms with van der Waals surface area (Å²) in [6.07, 6.45) is 1.68. The van der Waals surface area contributed by atoms with Crippen LogP contribution in [-0.2, 0) is 12.8 Å². The van der Waals surface area contributed by atoms with Gasteiger partial charge in [0.1, 0.15) is 5.75 Å². The molecule has 0 bridgehead atoms. The Hall–Kier alpha value is -2.98. The molecule has 1 aliphatic rings. The van der Waals surface area contributed by atoms with Crippen LogP contribution in [0.2, 0.25) is 0 Å². The van der Waals surface area contributed by atoms with Crippen LogP contribution in [0.5, 0.6) is 17.2 Å². The molecule has 1 atom stereocenters. The van der Waals surface area contributed by atoms with Crippen molar-refractivity contribution in [3.05, 3.63) is 77.4 Å². The second kappa shape index (κ2) is 8.18. The molecule has 4 rings (SSSR count). The normalized spacial score (nSPS) is 16.7. The second-order valence-electron chi connectivity index (χ2n) is 7.53. The highest BCUT2D eigenvalue weighted by Crippen LogP contribution is 2.44. The molecular weight excluding hydrogens is 362 g/mol. The highest BCUT2D eigenvalue weighted by atomic mass is 16.5. The Morgan fingerprint density at radius 2 is 1.69 bits per heavy atom. The van der Waals surface area contributed by atoms with E-state index in [2.05, 4.69) is 48.3 Å². The van der Waals surface area contributed by atoms with Crippen LogP contribution in [0.4, 0.5) is 0 Å². The number of benzene rings is 3. The molecule has 0 aromatic heterocycles. The lowest BCUT2D eigenvalue weighted by molar-refractivity contribution is 0.247. The third kappa shape index (κ3) is 3.68. The summed E-state index contributed by atoms with van der Waals surface area (Å²) in [6.45, 7) is 0.921. The maximum absolute atomic E-state index is 11.1. The van der Waals surface area contributed by atoms with Crippen LogP contribution in [0.3, 0.4) is 0 Å². The number of likely N-dealkylation sites (N-methyl/N-ethyl adjacent to an activating group) is 1. The van der Waals surface area contributed by atoms with Gasteiger partial charge in [-0.1, -0.05) is 42.5 Å². The summed E-state index contributed by atoms with van der Waals surface area (Å²) in [7, 11) is 5.43. The highest BCUT2D eigenvalue weighted by molar-refractivity contribution is 5.80. The lowest BCUT2D eigenvalue weighted by atomic mass is 9.89. The lowest BCUT2D eigenvalue weighted by Gasteiger charge is -2.28. The molecule has 0 fully saturated rings. The standard InChI is InChI=1S/C25H27NO3/c1-26-14-13-17-9-11-20(28-2)16-21(17)24-19(10-12-23(29-3)25(24)27)15-22(26)18-7-5-4-6-8-18/h4-12,16,22,27H,13-15H2,1-3H3. The number of phenolic OH excluding ortho intramolecular Hbond substituents is 1. The molecule has 0 spiro atoms. The van der Waals surface area contributed by atoms with Crippen molar-refractivity contribution in [2.45, 2.75) is 18.9 Å². The second-order valence-corrected chi connectivity index (χ2v) is 7.53. The SMILES string of the molecule is COc1ccc2c(c1)-c1c(ccc(OC)c1O)CC(c1ccccc1)N(C)CC2. The summed E-state index contributed by atoms with van der Waals surface area (Å²) in [5.74, 6) is 1.46. The predicted octanol–water partition coefficient (Wildman–Crippen LogP) is 4.85. The van der Waals surface area contributed by atoms with E-state index in [1.807, 2.05) is 24.3 Å². The van der Waals surface area contributed by atoms with Crippen molar-refractivity contribution < 1.29 is 14.6 Å². The Balaban J connectivity index is 1.93. The van der Waals surface area contributed by atoms with E-state index in [0.29, 0.717) is 5.75 Å². The minimum Gasteiger partial charge on any atom is -0.504 e. The molecule has 4 heteroatoms. The van der Waals surface area contributed by atoms with Crippen LogP contribution >= 0.6 is 0 Å². The first-order valence-corrected chi connectivity index (χ1v) is 9.93. The lowest BCUT2D eigenvalue weighted by Crippen LogP contribution is -2.28. The molecule has 1 aliphatic heterocycles. The molecule has 1 heterocycles. The average Bonchev–Trinajstić information content (AvgIpc) is 2.81. The van der Waals surface area contributed by atoms with E-state index in [1.54, 1.807) is 14.2 Å². The third-order valence-corrected chi connectivity index (χ3v) is 5.90. The van der Waals surface area contributed by atoms with Gasteiger partial charge in [0.25, 0.3) is 0 Å². The van der Waals surface area contributed by atoms with Gasteiger partial charge in [-0.15, -0.1) is 0 Å². The van der Waals surface area contributed by atoms with Crippen LogP contribution in [0.1, 0.15) is 22.7 Å². The van der Waals surface area contributed by atoms with Gasteiger partial charge in [-0.05, 0) is 60.3 Å². The van der Waals surface area contributed by atoms with Crippen LogP contribution < -0.4 is 9.47 Å². The molecule has 29 heavy (non-hydrogen) atoms. The monoisotopic (exact) mass is 389 g/mol. The van der Waals surface area contributed by atoms with Crippen LogP contribution in [0, 0.1) is 0 Å². The minimum atomic E-state index is 0.191. The number of methoxy groups -OCH3 is 2. The topological polar surface area (TPSA) is 41.9 Å². The molecule has 1 unspecified atom stereocenters. The Labute approximate surface area is 172 Å². The van der Waals surface area contributed by atoms with E-state index in [0.717, 1.165) is 41.8 Å². The minimum absolute atomic E-state index is 0.191. The number of hydrogen-bond acceptors (Lipinski definition) is 4. The van der Waals surface area contributed by atoms with Crippen LogP contribution in [0.25, 0.3) is 11.1 Å². The third-order valence-electron chi connectivity index (χ3n) is 5.90. The molecule has 150 valence electrons. The summed E-state index contributed by atoms with van der Waals surface area (Å²) in [5, 5.41) is 11.1. The summed E-state index contributed by atoms with van der Waals surface area (Å²) in [6, 6.07) is 20.8. The molecular formula is C25H27NO3. The number of hydrogen-bond donors (Lipinski definition) is 1. The fraction of sp³-hybridized carbons (Fsp3) is 0.280. The fourth-order valence-corrected chi connectivity index (χ4v) is 4.25. The first kappa shape index (κ1) is 19.3. The molecule has 1 N–H and O–H groups in total. The molecule has 0 amide bonds. The van der Waals surface area contributed by atoms with Crippen molar-refractivity contribution in [2.75, 3.05) is 27.8 Å². The van der Waals surface area contributed by atoms with E-state index in [1.165, 1.54) is 11.1 Å². The van der Waals surface area contributed by atoms with E-state index in [9.17, 15) is 5.11 Å². The van der Waals surface area contributed by atoms with Gasteiger partial charge in [0.2, 0.25) is 0 Å². The molecule has 3 aromatic carbocycles. The maximum Gasteiger partial charge on any atom is 0.165 e. The van der Waals surface area contributed by atoms with Gasteiger partial charge >= 0.3 is 0 Å². The molecule has 0 saturated carbocycles. The number of aromatic hydroxyl groups is 1. The van der Waals surface area contributed by atoms with Gasteiger partial charge < -0.3 is 14.6 Å². The Morgan fingerprint density at radius 3 is 2.41 bits per heavy atom. The molecule has 0 saturated heterocycles. The smallest absolute Gasteiger partial charge is 0.165 e. The quantitative estimate of drug-likeness (QED) is 0.695. The summed E-state index contributed by atoms with van der Waals surface area (Å²) in [5.41, 5.74) is 5.42. The Kier molecular flexibility index (Phi) is 5.45. The zero-order valence-corrected chi connectivity index (χ0v) is 17.2. The van der Waals surface area contributed by atoms with Crippen molar-refractivity contribution in [2.24, 2.45) is 0 Å². The average molecular weight is 389 g/mol. The Morgan fingerprint density at radius 1 is 0.931 bits per heavy atom. The number of fused-ring (bicyclic) bond motifs is 3. The fourth-order valence-electron chi connectivity index (χ4n) is 4.25. The van der Waals surface area contributed by atoms with Gasteiger partial charge in [0.05, 0.1) is 14.2 Å². The van der Waals surface area contributed by atoms with Crippen LogP contribution in [-0.4, -0.2) is 37.8 Å². The van der Waals surface area contributed by atoms with Crippen molar-refractivity contribution in [3.8, 4) is 28.4 Å². The zero-order chi connectivity index (χ0) is 20.4. The predicted molar refractivity (Wildman–Crippen MR) is 116 cm³/mol. The highest BCUT2D eigenvalue weighted by Gasteiger charge is 2.26. The van der Waals surface area contributed by atoms with Crippen molar-refractivity contribution >= 4 is 0 Å². The van der Waals surface area contributed by atoms with Crippen molar-refractivity contribution in [1.29, 1.82) is 0 Å². The van der Waals surface area contributed by atoms with Gasteiger partial charge in [0.15, 0.2) is 11.5 Å².